The number of carbonyl (C=O) groups excluding carboxylic acids is 2. The zero-order valence-corrected chi connectivity index (χ0v) is 19.1. The number of nitrogens with one attached hydrogen (secondary N) is 3. The molecule has 6 rings (SSSR count). The highest BCUT2D eigenvalue weighted by Crippen LogP contribution is 2.39. The number of piperazine rings is 1. The highest BCUT2D eigenvalue weighted by Gasteiger charge is 2.37. The van der Waals surface area contributed by atoms with Gasteiger partial charge in [0.2, 0.25) is 0 Å². The molecule has 4 heterocycles. The summed E-state index contributed by atoms with van der Waals surface area (Å²) in [5.74, 6) is -0.173. The molecule has 2 amide bonds. The fourth-order valence-corrected chi connectivity index (χ4v) is 5.68. The van der Waals surface area contributed by atoms with Crippen molar-refractivity contribution in [1.29, 1.82) is 0 Å². The third-order valence-corrected chi connectivity index (χ3v) is 7.27. The molecular weight excluding hydrogens is 426 g/mol. The second-order valence-corrected chi connectivity index (χ2v) is 9.42. The monoisotopic (exact) mass is 455 g/mol. The fraction of sp³-hybridized carbons (Fsp3) is 0.333. The number of anilines is 1. The van der Waals surface area contributed by atoms with Crippen LogP contribution in [0.1, 0.15) is 17.7 Å². The van der Waals surface area contributed by atoms with Crippen LogP contribution in [-0.4, -0.2) is 54.0 Å². The third kappa shape index (κ3) is 3.71. The number of aryl methyl sites for hydroxylation is 1. The zero-order valence-electron chi connectivity index (χ0n) is 19.1. The molecular formula is C27H29N5O2. The van der Waals surface area contributed by atoms with Gasteiger partial charge >= 0.3 is 0 Å². The van der Waals surface area contributed by atoms with Crippen molar-refractivity contribution < 1.29 is 9.59 Å². The van der Waals surface area contributed by atoms with Crippen molar-refractivity contribution in [2.24, 2.45) is 5.92 Å². The van der Waals surface area contributed by atoms with Crippen molar-refractivity contribution >= 4 is 34.0 Å². The Hall–Kier alpha value is -3.42. The Labute approximate surface area is 198 Å². The number of carbonyl (C=O) groups is 2. The second kappa shape index (κ2) is 8.74. The van der Waals surface area contributed by atoms with Crippen molar-refractivity contribution in [3.63, 3.8) is 0 Å². The molecule has 0 saturated carbocycles. The van der Waals surface area contributed by atoms with Gasteiger partial charge in [-0.3, -0.25) is 14.9 Å². The van der Waals surface area contributed by atoms with Crippen LogP contribution in [0.5, 0.6) is 0 Å². The van der Waals surface area contributed by atoms with E-state index in [4.69, 9.17) is 0 Å². The smallest absolute Gasteiger partial charge is 0.275 e. The molecule has 2 aromatic carbocycles. The van der Waals surface area contributed by atoms with Crippen LogP contribution in [0.25, 0.3) is 16.5 Å². The lowest BCUT2D eigenvalue weighted by Crippen LogP contribution is -2.46. The summed E-state index contributed by atoms with van der Waals surface area (Å²) in [6.07, 6.45) is 2.02. The lowest BCUT2D eigenvalue weighted by Gasteiger charge is -2.33. The first-order valence-corrected chi connectivity index (χ1v) is 12.1. The van der Waals surface area contributed by atoms with Gasteiger partial charge in [0, 0.05) is 67.1 Å². The first kappa shape index (κ1) is 21.1. The molecule has 3 aliphatic rings. The average Bonchev–Trinajstić information content (AvgIpc) is 3.32. The molecule has 3 aromatic rings. The van der Waals surface area contributed by atoms with Gasteiger partial charge in [-0.05, 0) is 37.0 Å². The van der Waals surface area contributed by atoms with E-state index in [0.717, 1.165) is 74.3 Å². The molecule has 7 nitrogen and oxygen atoms in total. The number of benzene rings is 2. The molecule has 3 aliphatic heterocycles. The Bertz CT molecular complexity index is 1290. The summed E-state index contributed by atoms with van der Waals surface area (Å²) in [7, 11) is 0. The Morgan fingerprint density at radius 3 is 2.50 bits per heavy atom. The van der Waals surface area contributed by atoms with E-state index in [0.29, 0.717) is 17.2 Å². The largest absolute Gasteiger partial charge is 0.350 e. The maximum atomic E-state index is 13.2. The number of para-hydroxylation sites is 2. The van der Waals surface area contributed by atoms with Crippen LogP contribution in [0.3, 0.4) is 0 Å². The molecule has 0 radical (unpaired) electrons. The molecule has 1 fully saturated rings. The fourth-order valence-electron chi connectivity index (χ4n) is 5.68. The number of rotatable bonds is 5. The minimum Gasteiger partial charge on any atom is -0.350 e. The Balaban J connectivity index is 1.44. The van der Waals surface area contributed by atoms with E-state index in [1.807, 2.05) is 42.5 Å². The number of aromatic nitrogens is 1. The molecule has 1 saturated heterocycles. The average molecular weight is 456 g/mol. The second-order valence-electron chi connectivity index (χ2n) is 9.42. The van der Waals surface area contributed by atoms with Crippen molar-refractivity contribution in [2.45, 2.75) is 19.4 Å². The molecule has 3 N–H and O–H groups in total. The van der Waals surface area contributed by atoms with Gasteiger partial charge < -0.3 is 20.1 Å². The molecule has 1 atom stereocenters. The maximum absolute atomic E-state index is 13.2. The third-order valence-electron chi connectivity index (χ3n) is 7.27. The molecule has 174 valence electrons. The van der Waals surface area contributed by atoms with E-state index < -0.39 is 0 Å². The Morgan fingerprint density at radius 1 is 0.912 bits per heavy atom. The van der Waals surface area contributed by atoms with Crippen LogP contribution in [-0.2, 0) is 22.6 Å². The quantitative estimate of drug-likeness (QED) is 0.516. The number of imide groups is 1. The summed E-state index contributed by atoms with van der Waals surface area (Å²) in [4.78, 5) is 28.6. The zero-order chi connectivity index (χ0) is 23.1. The molecule has 0 bridgehead atoms. The number of hydrogen-bond acceptors (Lipinski definition) is 5. The van der Waals surface area contributed by atoms with E-state index in [1.165, 1.54) is 5.69 Å². The van der Waals surface area contributed by atoms with Crippen LogP contribution in [0, 0.1) is 5.92 Å². The summed E-state index contributed by atoms with van der Waals surface area (Å²) in [6, 6.07) is 17.8. The number of nitrogens with zero attached hydrogens (tertiary/aromatic N) is 2. The Kier molecular flexibility index (Phi) is 5.43. The summed E-state index contributed by atoms with van der Waals surface area (Å²) in [5.41, 5.74) is 4.78. The van der Waals surface area contributed by atoms with Crippen molar-refractivity contribution in [1.82, 2.24) is 20.1 Å². The van der Waals surface area contributed by atoms with E-state index in [2.05, 4.69) is 37.6 Å². The van der Waals surface area contributed by atoms with Gasteiger partial charge in [-0.1, -0.05) is 36.4 Å². The van der Waals surface area contributed by atoms with Crippen LogP contribution < -0.4 is 16.0 Å². The normalized spacial score (nSPS) is 21.1. The number of fused-ring (bicyclic) bond motifs is 3. The first-order chi connectivity index (χ1) is 16.7. The van der Waals surface area contributed by atoms with Gasteiger partial charge in [-0.2, -0.15) is 0 Å². The van der Waals surface area contributed by atoms with Gasteiger partial charge in [-0.25, -0.2) is 0 Å². The van der Waals surface area contributed by atoms with Gasteiger partial charge in [-0.15, -0.1) is 0 Å². The Morgan fingerprint density at radius 2 is 1.68 bits per heavy atom. The molecule has 1 unspecified atom stereocenters. The van der Waals surface area contributed by atoms with Crippen LogP contribution >= 0.6 is 0 Å². The minimum absolute atomic E-state index is 0.327. The van der Waals surface area contributed by atoms with E-state index in [1.54, 1.807) is 0 Å². The first-order valence-electron chi connectivity index (χ1n) is 12.1. The van der Waals surface area contributed by atoms with Crippen LogP contribution in [0.2, 0.25) is 0 Å². The minimum atomic E-state index is -0.374. The molecule has 34 heavy (non-hydrogen) atoms. The van der Waals surface area contributed by atoms with Gasteiger partial charge in [0.25, 0.3) is 11.8 Å². The molecule has 1 aromatic heterocycles. The van der Waals surface area contributed by atoms with E-state index >= 15 is 0 Å². The molecule has 0 aliphatic carbocycles. The van der Waals surface area contributed by atoms with Gasteiger partial charge in [0.15, 0.2) is 0 Å². The van der Waals surface area contributed by atoms with Crippen molar-refractivity contribution in [3.8, 4) is 0 Å². The summed E-state index contributed by atoms with van der Waals surface area (Å²) in [6.45, 7) is 6.25. The lowest BCUT2D eigenvalue weighted by molar-refractivity contribution is -0.123. The highest BCUT2D eigenvalue weighted by molar-refractivity contribution is 6.38. The van der Waals surface area contributed by atoms with E-state index in [9.17, 15) is 9.59 Å². The van der Waals surface area contributed by atoms with Gasteiger partial charge in [0.05, 0.1) is 5.57 Å². The predicted octanol–water partition coefficient (Wildman–Crippen LogP) is 2.59. The standard InChI is InChI=1S/C27H29N5O2/c33-26-24(25(27(34)30-26)29-19-6-2-1-3-7-19)23-20-8-4-5-9-21(20)32-13-10-18(16-22(23)32)17-31-14-11-28-12-15-31/h1-9,18,28H,10-17H2,(H2,29,30,33,34). The summed E-state index contributed by atoms with van der Waals surface area (Å²) in [5, 5.41) is 10.2. The summed E-state index contributed by atoms with van der Waals surface area (Å²) >= 11 is 0. The molecule has 7 heteroatoms. The highest BCUT2D eigenvalue weighted by atomic mass is 16.2. The number of hydrogen-bond donors (Lipinski definition) is 3. The van der Waals surface area contributed by atoms with Crippen molar-refractivity contribution in [2.75, 3.05) is 38.0 Å². The van der Waals surface area contributed by atoms with Crippen LogP contribution in [0.15, 0.2) is 60.3 Å². The van der Waals surface area contributed by atoms with E-state index in [-0.39, 0.29) is 11.8 Å². The topological polar surface area (TPSA) is 78.4 Å². The SMILES string of the molecule is O=C1NC(=O)C(c2c3n(c4ccccc24)CCC(CN2CCNCC2)C3)=C1Nc1ccccc1. The lowest BCUT2D eigenvalue weighted by atomic mass is 9.90. The van der Waals surface area contributed by atoms with Crippen molar-refractivity contribution in [3.05, 3.63) is 71.6 Å². The summed E-state index contributed by atoms with van der Waals surface area (Å²) < 4.78 is 2.36. The predicted molar refractivity (Wildman–Crippen MR) is 133 cm³/mol. The van der Waals surface area contributed by atoms with Gasteiger partial charge in [0.1, 0.15) is 5.70 Å². The molecule has 0 spiro atoms. The maximum Gasteiger partial charge on any atom is 0.275 e. The van der Waals surface area contributed by atoms with Crippen LogP contribution in [0.4, 0.5) is 5.69 Å². The number of amides is 2.